The maximum Gasteiger partial charge on any atom is 0.0631 e. The molecular weight excluding hydrogens is 174 g/mol. The quantitative estimate of drug-likeness (QED) is 0.749. The van der Waals surface area contributed by atoms with Crippen LogP contribution >= 0.6 is 0 Å². The first-order chi connectivity index (χ1) is 6.58. The van der Waals surface area contributed by atoms with E-state index in [4.69, 9.17) is 4.74 Å². The van der Waals surface area contributed by atoms with Gasteiger partial charge < -0.3 is 10.1 Å². The number of rotatable bonds is 3. The van der Waals surface area contributed by atoms with Gasteiger partial charge in [0.1, 0.15) is 0 Å². The Morgan fingerprint density at radius 2 is 2.21 bits per heavy atom. The average Bonchev–Trinajstić information content (AvgIpc) is 2.72. The van der Waals surface area contributed by atoms with Gasteiger partial charge in [0.15, 0.2) is 0 Å². The summed E-state index contributed by atoms with van der Waals surface area (Å²) in [4.78, 5) is 0. The lowest BCUT2D eigenvalue weighted by Crippen LogP contribution is -2.36. The van der Waals surface area contributed by atoms with Crippen LogP contribution in [-0.2, 0) is 4.74 Å². The molecule has 2 nitrogen and oxygen atoms in total. The molecule has 0 radical (unpaired) electrons. The van der Waals surface area contributed by atoms with E-state index in [9.17, 15) is 0 Å². The Labute approximate surface area is 87.4 Å². The predicted octanol–water partition coefficient (Wildman–Crippen LogP) is 2.19. The fourth-order valence-corrected chi connectivity index (χ4v) is 3.08. The largest absolute Gasteiger partial charge is 0.376 e. The highest BCUT2D eigenvalue weighted by molar-refractivity contribution is 5.07. The van der Waals surface area contributed by atoms with Crippen LogP contribution in [0.25, 0.3) is 0 Å². The van der Waals surface area contributed by atoms with Gasteiger partial charge in [0, 0.05) is 6.61 Å². The van der Waals surface area contributed by atoms with Gasteiger partial charge in [-0.15, -0.1) is 0 Å². The Morgan fingerprint density at radius 3 is 2.86 bits per heavy atom. The zero-order valence-corrected chi connectivity index (χ0v) is 9.73. The van der Waals surface area contributed by atoms with Crippen molar-refractivity contribution in [2.75, 3.05) is 19.7 Å². The molecule has 82 valence electrons. The molecule has 14 heavy (non-hydrogen) atoms. The Hall–Kier alpha value is -0.0800. The molecule has 0 aromatic rings. The summed E-state index contributed by atoms with van der Waals surface area (Å²) in [5.41, 5.74) is 0.767. The zero-order chi connectivity index (χ0) is 10.2. The molecule has 0 amide bonds. The molecule has 2 rings (SSSR count). The van der Waals surface area contributed by atoms with E-state index >= 15 is 0 Å². The second-order valence-corrected chi connectivity index (χ2v) is 5.61. The maximum absolute atomic E-state index is 5.77. The molecule has 0 aromatic carbocycles. The summed E-state index contributed by atoms with van der Waals surface area (Å²) in [6, 6.07) is 0. The number of hydrogen-bond donors (Lipinski definition) is 1. The van der Waals surface area contributed by atoms with Gasteiger partial charge in [0.05, 0.1) is 5.60 Å². The van der Waals surface area contributed by atoms with Crippen LogP contribution in [0.3, 0.4) is 0 Å². The molecule has 1 heterocycles. The maximum atomic E-state index is 5.77. The third kappa shape index (κ3) is 1.96. The lowest BCUT2D eigenvalue weighted by molar-refractivity contribution is -0.0820. The second-order valence-electron chi connectivity index (χ2n) is 5.61. The van der Waals surface area contributed by atoms with Gasteiger partial charge in [-0.3, -0.25) is 0 Å². The van der Waals surface area contributed by atoms with Crippen LogP contribution in [0, 0.1) is 11.3 Å². The van der Waals surface area contributed by atoms with Gasteiger partial charge >= 0.3 is 0 Å². The van der Waals surface area contributed by atoms with E-state index in [1.807, 2.05) is 0 Å². The van der Waals surface area contributed by atoms with Crippen molar-refractivity contribution in [3.05, 3.63) is 0 Å². The monoisotopic (exact) mass is 197 g/mol. The van der Waals surface area contributed by atoms with Crippen LogP contribution in [0.4, 0.5) is 0 Å². The molecule has 2 fully saturated rings. The molecule has 1 aliphatic carbocycles. The third-order valence-corrected chi connectivity index (χ3v) is 3.87. The summed E-state index contributed by atoms with van der Waals surface area (Å²) in [5.74, 6) is 0.922. The molecule has 0 aromatic heterocycles. The highest BCUT2D eigenvalue weighted by atomic mass is 16.5. The SMILES string of the molecule is CCNCC1CC12CCOC(C)(C)C2. The van der Waals surface area contributed by atoms with Crippen LogP contribution in [0.2, 0.25) is 0 Å². The van der Waals surface area contributed by atoms with Crippen molar-refractivity contribution in [3.8, 4) is 0 Å². The third-order valence-electron chi connectivity index (χ3n) is 3.87. The molecular formula is C12H23NO. The molecule has 1 N–H and O–H groups in total. The Balaban J connectivity index is 1.87. The van der Waals surface area contributed by atoms with Crippen LogP contribution in [-0.4, -0.2) is 25.3 Å². The van der Waals surface area contributed by atoms with Crippen molar-refractivity contribution in [1.82, 2.24) is 5.32 Å². The summed E-state index contributed by atoms with van der Waals surface area (Å²) in [6.07, 6.45) is 3.97. The van der Waals surface area contributed by atoms with Crippen molar-refractivity contribution in [3.63, 3.8) is 0 Å². The lowest BCUT2D eigenvalue weighted by atomic mass is 9.84. The van der Waals surface area contributed by atoms with Crippen LogP contribution in [0.1, 0.15) is 40.0 Å². The van der Waals surface area contributed by atoms with Crippen LogP contribution < -0.4 is 5.32 Å². The normalized spacial score (nSPS) is 40.1. The molecule has 1 saturated heterocycles. The smallest absolute Gasteiger partial charge is 0.0631 e. The summed E-state index contributed by atoms with van der Waals surface area (Å²) < 4.78 is 5.77. The molecule has 1 spiro atoms. The minimum absolute atomic E-state index is 0.124. The van der Waals surface area contributed by atoms with E-state index in [-0.39, 0.29) is 5.60 Å². The first-order valence-electron chi connectivity index (χ1n) is 5.93. The van der Waals surface area contributed by atoms with Crippen molar-refractivity contribution >= 4 is 0 Å². The standard InChI is InChI=1S/C12H23NO/c1-4-13-8-10-7-12(10)5-6-14-11(2,3)9-12/h10,13H,4-9H2,1-3H3. The van der Waals surface area contributed by atoms with Gasteiger partial charge in [0.2, 0.25) is 0 Å². The summed E-state index contributed by atoms with van der Waals surface area (Å²) in [5, 5.41) is 3.47. The molecule has 2 aliphatic rings. The fraction of sp³-hybridized carbons (Fsp3) is 1.00. The highest BCUT2D eigenvalue weighted by Crippen LogP contribution is 2.61. The van der Waals surface area contributed by atoms with E-state index in [2.05, 4.69) is 26.1 Å². The van der Waals surface area contributed by atoms with Crippen molar-refractivity contribution < 1.29 is 4.74 Å². The fourth-order valence-electron chi connectivity index (χ4n) is 3.08. The Bertz CT molecular complexity index is 214. The molecule has 1 saturated carbocycles. The summed E-state index contributed by atoms with van der Waals surface area (Å²) >= 11 is 0. The zero-order valence-electron chi connectivity index (χ0n) is 9.73. The molecule has 1 aliphatic heterocycles. The van der Waals surface area contributed by atoms with Crippen molar-refractivity contribution in [2.24, 2.45) is 11.3 Å². The minimum atomic E-state index is 0.124. The summed E-state index contributed by atoms with van der Waals surface area (Å²) in [6.45, 7) is 9.94. The molecule has 2 atom stereocenters. The van der Waals surface area contributed by atoms with E-state index < -0.39 is 0 Å². The number of nitrogens with one attached hydrogen (secondary N) is 1. The van der Waals surface area contributed by atoms with E-state index in [0.29, 0.717) is 5.41 Å². The number of hydrogen-bond acceptors (Lipinski definition) is 2. The van der Waals surface area contributed by atoms with E-state index in [1.165, 1.54) is 25.8 Å². The first kappa shape index (κ1) is 10.4. The van der Waals surface area contributed by atoms with Crippen LogP contribution in [0.5, 0.6) is 0 Å². The van der Waals surface area contributed by atoms with Gasteiger partial charge in [0.25, 0.3) is 0 Å². The van der Waals surface area contributed by atoms with Crippen LogP contribution in [0.15, 0.2) is 0 Å². The molecule has 0 bridgehead atoms. The topological polar surface area (TPSA) is 21.3 Å². The van der Waals surface area contributed by atoms with Gasteiger partial charge in [-0.05, 0) is 57.5 Å². The number of ether oxygens (including phenoxy) is 1. The lowest BCUT2D eigenvalue weighted by Gasteiger charge is -2.36. The van der Waals surface area contributed by atoms with E-state index in [1.54, 1.807) is 0 Å². The second kappa shape index (κ2) is 3.49. The van der Waals surface area contributed by atoms with Gasteiger partial charge in [-0.2, -0.15) is 0 Å². The van der Waals surface area contributed by atoms with E-state index in [0.717, 1.165) is 19.1 Å². The predicted molar refractivity (Wildman–Crippen MR) is 58.3 cm³/mol. The molecule has 2 heteroatoms. The first-order valence-corrected chi connectivity index (χ1v) is 5.93. The minimum Gasteiger partial charge on any atom is -0.376 e. The molecule has 2 unspecified atom stereocenters. The van der Waals surface area contributed by atoms with Crippen molar-refractivity contribution in [2.45, 2.75) is 45.6 Å². The van der Waals surface area contributed by atoms with Gasteiger partial charge in [-0.1, -0.05) is 6.92 Å². The Kier molecular flexibility index (Phi) is 2.61. The van der Waals surface area contributed by atoms with Crippen molar-refractivity contribution in [1.29, 1.82) is 0 Å². The average molecular weight is 197 g/mol. The Morgan fingerprint density at radius 1 is 1.43 bits per heavy atom. The van der Waals surface area contributed by atoms with Gasteiger partial charge in [-0.25, -0.2) is 0 Å². The summed E-state index contributed by atoms with van der Waals surface area (Å²) in [7, 11) is 0. The highest BCUT2D eigenvalue weighted by Gasteiger charge is 2.57.